The molecule has 88 heavy (non-hydrogen) atoms. The van der Waals surface area contributed by atoms with E-state index in [1.807, 2.05) is 42.5 Å². The number of ether oxygens (including phenoxy) is 12. The van der Waals surface area contributed by atoms with Crippen LogP contribution in [0.25, 0.3) is 0 Å². The average molecular weight is 1410 g/mol. The third-order valence-corrected chi connectivity index (χ3v) is 22.7. The standard InChI is InChI=1S/C60H83IN2O22S3/c1-13-62-35-26-78-41(23-39(35)73-8)83-53-48(69)46(30(5)80-58(53)82-38-16-14-15-27(2)17-19-59-34(21-40(67)74-9)37(66)24-60(59,72)33(44(38)59)18-20-86-88-28(3)25-64)63-85-42-22-36(65)55(32(7)79-42)87-56(71)43-29(4)45(61)51(54(77-12)50(43)75-10)84-57-49(70)52(76-11)47(68)31(6)81-57/h15,18,28,30-32,34-36,38-39,41-42,44,46-49,52-53,55,57-58,62-65,68-70,72H,13,20-26H2,1-12H3/b27-15-,33-18+/t28-,30-,31+,32-,34?,35+,36+,38+,39+,41+,42+,44?,46-,47+,48+,49-,52-,53-,55-,57+,58+,59?,60+/m1/s1. The van der Waals surface area contributed by atoms with Crippen LogP contribution in [0, 0.1) is 51.4 Å². The minimum absolute atomic E-state index is 0.0294. The van der Waals surface area contributed by atoms with Gasteiger partial charge in [-0.05, 0) is 81.0 Å². The SMILES string of the molecule is CCN[C@H]1CO[C@@H](O[C@H]2[C@H](O[C@H]3C#C/C=C(/C)C#CC45C(CC(=O)OC)C(=O)C[C@]4(O)/C(=C/CSS[C@H](C)CO)C35)O[C@H](C)[C@@H](NO[C@H]3C[C@H](O)[C@H](SC(=O)c4c(C)c(I)c(O[C@@H]5O[C@@H](C)[C@H](O)[C@@H](OC)[C@H]5O)c(OC)c4OC)[C@@H](C)O3)[C@@H]2O)C[C@@H]1OC. The maximum atomic E-state index is 14.5. The Bertz CT molecular complexity index is 2840. The molecule has 0 amide bonds. The highest BCUT2D eigenvalue weighted by atomic mass is 127. The normalized spacial score (nSPS) is 39.3. The maximum absolute atomic E-state index is 14.5. The zero-order valence-electron chi connectivity index (χ0n) is 51.3. The summed E-state index contributed by atoms with van der Waals surface area (Å²) >= 11 is 2.84. The van der Waals surface area contributed by atoms with Gasteiger partial charge in [-0.25, -0.2) is 0 Å². The first-order chi connectivity index (χ1) is 42.0. The minimum Gasteiger partial charge on any atom is -0.492 e. The molecule has 1 aromatic rings. The number of carbonyl (C=O) groups excluding carboxylic acids is 3. The van der Waals surface area contributed by atoms with Gasteiger partial charge >= 0.3 is 5.97 Å². The quantitative estimate of drug-likeness (QED) is 0.0140. The van der Waals surface area contributed by atoms with Crippen molar-refractivity contribution in [3.05, 3.63) is 38.0 Å². The summed E-state index contributed by atoms with van der Waals surface area (Å²) in [5.41, 5.74) is 1.04. The molecule has 0 radical (unpaired) electrons. The molecule has 23 atom stereocenters. The van der Waals surface area contributed by atoms with Crippen LogP contribution in [0.1, 0.15) is 83.1 Å². The molecule has 24 nitrogen and oxygen atoms in total. The Morgan fingerprint density at radius 1 is 0.909 bits per heavy atom. The molecule has 4 aliphatic heterocycles. The lowest BCUT2D eigenvalue weighted by Gasteiger charge is -2.60. The third-order valence-electron chi connectivity index (χ3n) is 17.3. The van der Waals surface area contributed by atoms with Crippen LogP contribution in [0.15, 0.2) is 23.3 Å². The molecule has 1 aromatic carbocycles. The number of nitrogens with one attached hydrogen (secondary N) is 2. The van der Waals surface area contributed by atoms with E-state index in [1.165, 1.54) is 50.0 Å². The maximum Gasteiger partial charge on any atom is 0.306 e. The number of esters is 1. The van der Waals surface area contributed by atoms with Crippen LogP contribution in [-0.2, 0) is 57.1 Å². The fraction of sp³-hybridized carbons (Fsp3) is 0.717. The number of likely N-dealkylation sites (N-methyl/N-ethyl adjacent to an activating group) is 1. The highest BCUT2D eigenvalue weighted by Crippen LogP contribution is 2.70. The van der Waals surface area contributed by atoms with Gasteiger partial charge in [-0.3, -0.25) is 19.2 Å². The molecular weight excluding hydrogens is 1320 g/mol. The van der Waals surface area contributed by atoms with Crippen LogP contribution in [0.5, 0.6) is 17.2 Å². The summed E-state index contributed by atoms with van der Waals surface area (Å²) in [6.45, 7) is 13.1. The van der Waals surface area contributed by atoms with Crippen molar-refractivity contribution >= 4 is 72.8 Å². The number of benzene rings is 1. The number of thioether (sulfide) groups is 1. The molecule has 0 bridgehead atoms. The summed E-state index contributed by atoms with van der Waals surface area (Å²) in [6.07, 6.45) is -13.6. The van der Waals surface area contributed by atoms with Crippen LogP contribution in [-0.4, -0.2) is 229 Å². The Balaban J connectivity index is 1.03. The summed E-state index contributed by atoms with van der Waals surface area (Å²) in [6, 6.07) is -1.24. The van der Waals surface area contributed by atoms with Crippen LogP contribution in [0.2, 0.25) is 0 Å². The molecule has 3 aliphatic carbocycles. The molecule has 4 heterocycles. The number of aliphatic hydroxyl groups is 6. The Hall–Kier alpha value is -2.87. The smallest absolute Gasteiger partial charge is 0.306 e. The van der Waals surface area contributed by atoms with Gasteiger partial charge in [0.2, 0.25) is 17.2 Å². The van der Waals surface area contributed by atoms with Crippen molar-refractivity contribution < 1.29 is 107 Å². The molecule has 3 unspecified atom stereocenters. The van der Waals surface area contributed by atoms with Gasteiger partial charge in [-0.1, -0.05) is 77.0 Å². The molecule has 4 saturated heterocycles. The molecular formula is C60H83IN2O22S3. The first kappa shape index (κ1) is 71.0. The van der Waals surface area contributed by atoms with E-state index in [0.29, 0.717) is 32.6 Å². The summed E-state index contributed by atoms with van der Waals surface area (Å²) in [5, 5.41) is 70.7. The fourth-order valence-corrected chi connectivity index (χ4v) is 16.4. The monoisotopic (exact) mass is 1410 g/mol. The second-order valence-electron chi connectivity index (χ2n) is 22.8. The van der Waals surface area contributed by atoms with Crippen molar-refractivity contribution in [3.63, 3.8) is 0 Å². The molecule has 1 spiro atoms. The number of ketones is 1. The van der Waals surface area contributed by atoms with Crippen molar-refractivity contribution in [1.82, 2.24) is 10.8 Å². The van der Waals surface area contributed by atoms with Gasteiger partial charge in [0.05, 0.1) is 103 Å². The van der Waals surface area contributed by atoms with Crippen LogP contribution < -0.4 is 25.0 Å². The number of aliphatic hydroxyl groups excluding tert-OH is 5. The number of allylic oxidation sites excluding steroid dienone is 2. The number of hydroxylamine groups is 1. The van der Waals surface area contributed by atoms with E-state index < -0.39 is 131 Å². The van der Waals surface area contributed by atoms with Gasteiger partial charge in [0.1, 0.15) is 48.0 Å². The molecule has 7 aliphatic rings. The van der Waals surface area contributed by atoms with Crippen molar-refractivity contribution in [2.45, 2.75) is 195 Å². The highest BCUT2D eigenvalue weighted by Gasteiger charge is 2.78. The first-order valence-electron chi connectivity index (χ1n) is 29.2. The lowest BCUT2D eigenvalue weighted by Crippen LogP contribution is -2.69. The van der Waals surface area contributed by atoms with E-state index in [0.717, 1.165) is 11.8 Å². The van der Waals surface area contributed by atoms with Gasteiger partial charge in [0, 0.05) is 61.9 Å². The molecule has 0 aromatic heterocycles. The van der Waals surface area contributed by atoms with Gasteiger partial charge in [-0.15, -0.1) is 0 Å². The number of methoxy groups -OCH3 is 5. The molecule has 28 heteroatoms. The Morgan fingerprint density at radius 2 is 1.64 bits per heavy atom. The van der Waals surface area contributed by atoms with Crippen LogP contribution >= 0.6 is 55.9 Å². The first-order valence-corrected chi connectivity index (χ1v) is 33.6. The molecule has 8 N–H and O–H groups in total. The second-order valence-corrected chi connectivity index (χ2v) is 27.9. The van der Waals surface area contributed by atoms with E-state index in [-0.39, 0.29) is 84.9 Å². The van der Waals surface area contributed by atoms with E-state index in [2.05, 4.69) is 34.5 Å². The molecule has 8 rings (SSSR count). The average Bonchev–Trinajstić information content (AvgIpc) is 1.41. The minimum atomic E-state index is -1.83. The van der Waals surface area contributed by atoms with Gasteiger partial charge in [0.15, 0.2) is 30.4 Å². The Labute approximate surface area is 539 Å². The molecule has 2 saturated carbocycles. The van der Waals surface area contributed by atoms with E-state index >= 15 is 0 Å². The van der Waals surface area contributed by atoms with E-state index in [9.17, 15) is 45.0 Å². The third kappa shape index (κ3) is 14.4. The summed E-state index contributed by atoms with van der Waals surface area (Å²) in [4.78, 5) is 48.0. The lowest BCUT2D eigenvalue weighted by atomic mass is 9.44. The van der Waals surface area contributed by atoms with Crippen molar-refractivity contribution in [2.75, 3.05) is 61.1 Å². The molecule has 490 valence electrons. The van der Waals surface area contributed by atoms with Gasteiger partial charge in [0.25, 0.3) is 0 Å². The number of halogens is 1. The number of hydrogen-bond acceptors (Lipinski definition) is 27. The second kappa shape index (κ2) is 30.9. The predicted octanol–water partition coefficient (Wildman–Crippen LogP) is 2.88. The summed E-state index contributed by atoms with van der Waals surface area (Å²) < 4.78 is 73.3. The number of carbonyl (C=O) groups is 3. The van der Waals surface area contributed by atoms with Crippen molar-refractivity contribution in [1.29, 1.82) is 0 Å². The Morgan fingerprint density at radius 3 is 2.30 bits per heavy atom. The van der Waals surface area contributed by atoms with Crippen LogP contribution in [0.3, 0.4) is 0 Å². The van der Waals surface area contributed by atoms with Crippen molar-refractivity contribution in [3.8, 4) is 40.9 Å². The van der Waals surface area contributed by atoms with Gasteiger partial charge in [-0.2, -0.15) is 5.48 Å². The Kier molecular flexibility index (Phi) is 24.9. The van der Waals surface area contributed by atoms with E-state index in [1.54, 1.807) is 47.8 Å². The summed E-state index contributed by atoms with van der Waals surface area (Å²) in [7, 11) is 9.80. The zero-order valence-corrected chi connectivity index (χ0v) is 55.9. The zero-order chi connectivity index (χ0) is 64.1. The van der Waals surface area contributed by atoms with Gasteiger partial charge < -0.3 is 92.8 Å². The van der Waals surface area contributed by atoms with Crippen LogP contribution in [0.4, 0.5) is 0 Å². The fourth-order valence-electron chi connectivity index (χ4n) is 12.7. The number of hydrogen-bond donors (Lipinski definition) is 8. The number of rotatable bonds is 24. The largest absolute Gasteiger partial charge is 0.492 e. The lowest BCUT2D eigenvalue weighted by molar-refractivity contribution is -0.342. The molecule has 6 fully saturated rings. The van der Waals surface area contributed by atoms with E-state index in [4.69, 9.17) is 61.7 Å². The number of Topliss-reactive ketones (excluding diaryl/α,β-unsaturated/α-hetero) is 1. The summed E-state index contributed by atoms with van der Waals surface area (Å²) in [5.74, 6) is 10.1. The predicted molar refractivity (Wildman–Crippen MR) is 331 cm³/mol. The highest BCUT2D eigenvalue weighted by molar-refractivity contribution is 14.1. The topological polar surface area (TPSA) is 317 Å². The van der Waals surface area contributed by atoms with Crippen molar-refractivity contribution in [2.24, 2.45) is 17.3 Å².